The van der Waals surface area contributed by atoms with Crippen molar-refractivity contribution < 1.29 is 18.8 Å². The molecular weight excluding hydrogens is 298 g/mol. The molecule has 1 fully saturated rings. The molecule has 0 radical (unpaired) electrons. The van der Waals surface area contributed by atoms with E-state index in [2.05, 4.69) is 15.1 Å². The number of oxazole rings is 1. The molecule has 1 N–H and O–H groups in total. The third-order valence-corrected chi connectivity index (χ3v) is 3.60. The molecule has 2 heterocycles. The van der Waals surface area contributed by atoms with E-state index in [9.17, 15) is 5.11 Å². The fourth-order valence-electron chi connectivity index (χ4n) is 2.27. The normalized spacial score (nSPS) is 14.1. The number of rotatable bonds is 5. The van der Waals surface area contributed by atoms with Crippen molar-refractivity contribution in [3.63, 3.8) is 0 Å². The highest BCUT2D eigenvalue weighted by Crippen LogP contribution is 2.40. The highest BCUT2D eigenvalue weighted by Gasteiger charge is 2.29. The van der Waals surface area contributed by atoms with Crippen molar-refractivity contribution >= 4 is 0 Å². The predicted molar refractivity (Wildman–Crippen MR) is 80.0 cm³/mol. The lowest BCUT2D eigenvalue weighted by molar-refractivity contribution is 0.318. The fourth-order valence-corrected chi connectivity index (χ4v) is 2.27. The average Bonchev–Trinajstić information content (AvgIpc) is 3.10. The maximum Gasteiger partial charge on any atom is 0.295 e. The molecule has 1 aromatic carbocycles. The largest absolute Gasteiger partial charge is 0.504 e. The van der Waals surface area contributed by atoms with Gasteiger partial charge >= 0.3 is 0 Å². The Morgan fingerprint density at radius 3 is 3.00 bits per heavy atom. The minimum Gasteiger partial charge on any atom is -0.504 e. The summed E-state index contributed by atoms with van der Waals surface area (Å²) >= 11 is 0. The standard InChI is InChI=1S/C16H15N3O4/c1-2-21-12-7-10(5-6-11(12)20)14-18-16(23-19-14)13-8-17-15(22-13)9-3-4-9/h5-9,20H,2-4H2,1H3. The van der Waals surface area contributed by atoms with Gasteiger partial charge in [-0.3, -0.25) is 0 Å². The first kappa shape index (κ1) is 13.8. The first-order valence-corrected chi connectivity index (χ1v) is 7.50. The van der Waals surface area contributed by atoms with E-state index in [0.29, 0.717) is 35.4 Å². The van der Waals surface area contributed by atoms with E-state index in [1.54, 1.807) is 18.3 Å². The van der Waals surface area contributed by atoms with Crippen molar-refractivity contribution in [2.45, 2.75) is 25.7 Å². The zero-order valence-electron chi connectivity index (χ0n) is 12.5. The highest BCUT2D eigenvalue weighted by atomic mass is 16.5. The SMILES string of the molecule is CCOc1cc(-c2noc(-c3cnc(C4CC4)o3)n2)ccc1O. The summed E-state index contributed by atoms with van der Waals surface area (Å²) in [6, 6.07) is 4.90. The Bertz CT molecular complexity index is 835. The van der Waals surface area contributed by atoms with Crippen molar-refractivity contribution in [3.05, 3.63) is 30.3 Å². The number of nitrogens with zero attached hydrogens (tertiary/aromatic N) is 3. The van der Waals surface area contributed by atoms with Gasteiger partial charge in [-0.1, -0.05) is 5.16 Å². The van der Waals surface area contributed by atoms with Crippen LogP contribution in [0.15, 0.2) is 33.3 Å². The summed E-state index contributed by atoms with van der Waals surface area (Å²) in [4.78, 5) is 8.57. The Hall–Kier alpha value is -2.83. The van der Waals surface area contributed by atoms with Crippen LogP contribution in [0.5, 0.6) is 11.5 Å². The fraction of sp³-hybridized carbons (Fsp3) is 0.312. The molecule has 0 unspecified atom stereocenters. The third kappa shape index (κ3) is 2.65. The molecule has 7 nitrogen and oxygen atoms in total. The molecule has 23 heavy (non-hydrogen) atoms. The van der Waals surface area contributed by atoms with Gasteiger partial charge in [0.25, 0.3) is 5.89 Å². The van der Waals surface area contributed by atoms with E-state index in [1.807, 2.05) is 6.92 Å². The average molecular weight is 313 g/mol. The topological polar surface area (TPSA) is 94.4 Å². The van der Waals surface area contributed by atoms with Crippen molar-refractivity contribution in [3.8, 4) is 34.5 Å². The van der Waals surface area contributed by atoms with Crippen LogP contribution < -0.4 is 4.74 Å². The van der Waals surface area contributed by atoms with Crippen LogP contribution in [0.3, 0.4) is 0 Å². The molecule has 0 spiro atoms. The minimum atomic E-state index is 0.0728. The van der Waals surface area contributed by atoms with Crippen molar-refractivity contribution in [2.75, 3.05) is 6.61 Å². The number of hydrogen-bond acceptors (Lipinski definition) is 7. The maximum atomic E-state index is 9.74. The van der Waals surface area contributed by atoms with Gasteiger partial charge in [0.1, 0.15) is 0 Å². The van der Waals surface area contributed by atoms with Crippen LogP contribution in [0.25, 0.3) is 23.0 Å². The maximum absolute atomic E-state index is 9.74. The molecule has 0 amide bonds. The third-order valence-electron chi connectivity index (χ3n) is 3.60. The number of benzene rings is 1. The monoisotopic (exact) mass is 313 g/mol. The Balaban J connectivity index is 1.63. The summed E-state index contributed by atoms with van der Waals surface area (Å²) in [7, 11) is 0. The number of ether oxygens (including phenoxy) is 1. The summed E-state index contributed by atoms with van der Waals surface area (Å²) in [6.07, 6.45) is 3.83. The van der Waals surface area contributed by atoms with Crippen molar-refractivity contribution in [1.82, 2.24) is 15.1 Å². The van der Waals surface area contributed by atoms with Crippen molar-refractivity contribution in [1.29, 1.82) is 0 Å². The Morgan fingerprint density at radius 1 is 1.35 bits per heavy atom. The van der Waals surface area contributed by atoms with Crippen LogP contribution >= 0.6 is 0 Å². The van der Waals surface area contributed by atoms with Gasteiger partial charge in [0.15, 0.2) is 17.4 Å². The summed E-state index contributed by atoms with van der Waals surface area (Å²) in [6.45, 7) is 2.30. The van der Waals surface area contributed by atoms with Crippen LogP contribution in [0.4, 0.5) is 0 Å². The van der Waals surface area contributed by atoms with Crippen LogP contribution in [0.2, 0.25) is 0 Å². The molecule has 2 aromatic heterocycles. The quantitative estimate of drug-likeness (QED) is 0.771. The summed E-state index contributed by atoms with van der Waals surface area (Å²) < 4.78 is 16.3. The molecule has 0 saturated heterocycles. The number of phenolic OH excluding ortho intramolecular Hbond substituents is 1. The van der Waals surface area contributed by atoms with Gasteiger partial charge in [-0.15, -0.1) is 0 Å². The number of phenols is 1. The lowest BCUT2D eigenvalue weighted by Crippen LogP contribution is -1.92. The summed E-state index contributed by atoms with van der Waals surface area (Å²) in [5.41, 5.74) is 0.684. The Morgan fingerprint density at radius 2 is 2.22 bits per heavy atom. The first-order chi connectivity index (χ1) is 11.2. The second-order valence-corrected chi connectivity index (χ2v) is 5.38. The molecule has 7 heteroatoms. The second kappa shape index (κ2) is 5.42. The van der Waals surface area contributed by atoms with Gasteiger partial charge in [0, 0.05) is 11.5 Å². The molecule has 0 aliphatic heterocycles. The summed E-state index contributed by atoms with van der Waals surface area (Å²) in [5, 5.41) is 13.7. The van der Waals surface area contributed by atoms with Crippen molar-refractivity contribution in [2.24, 2.45) is 0 Å². The molecule has 1 aliphatic rings. The Labute approximate surface area is 131 Å². The van der Waals surface area contributed by atoms with E-state index in [1.165, 1.54) is 6.07 Å². The van der Waals surface area contributed by atoms with Crippen LogP contribution in [0, 0.1) is 0 Å². The Kier molecular flexibility index (Phi) is 3.25. The molecule has 0 atom stereocenters. The second-order valence-electron chi connectivity index (χ2n) is 5.38. The van der Waals surface area contributed by atoms with Gasteiger partial charge in [-0.2, -0.15) is 4.98 Å². The summed E-state index contributed by atoms with van der Waals surface area (Å²) in [5.74, 6) is 2.75. The molecule has 1 saturated carbocycles. The molecule has 0 bridgehead atoms. The van der Waals surface area contributed by atoms with E-state index in [4.69, 9.17) is 13.7 Å². The lowest BCUT2D eigenvalue weighted by Gasteiger charge is -2.06. The number of hydrogen-bond donors (Lipinski definition) is 1. The van der Waals surface area contributed by atoms with Crippen LogP contribution in [-0.4, -0.2) is 26.8 Å². The number of aromatic hydroxyl groups is 1. The zero-order valence-corrected chi connectivity index (χ0v) is 12.5. The lowest BCUT2D eigenvalue weighted by atomic mass is 10.2. The first-order valence-electron chi connectivity index (χ1n) is 7.50. The zero-order chi connectivity index (χ0) is 15.8. The number of aromatic nitrogens is 3. The van der Waals surface area contributed by atoms with E-state index < -0.39 is 0 Å². The van der Waals surface area contributed by atoms with Gasteiger partial charge in [0.2, 0.25) is 11.6 Å². The van der Waals surface area contributed by atoms with E-state index in [0.717, 1.165) is 18.7 Å². The van der Waals surface area contributed by atoms with E-state index in [-0.39, 0.29) is 11.6 Å². The minimum absolute atomic E-state index is 0.0728. The molecule has 3 aromatic rings. The smallest absolute Gasteiger partial charge is 0.295 e. The van der Waals surface area contributed by atoms with Crippen LogP contribution in [-0.2, 0) is 0 Å². The van der Waals surface area contributed by atoms with Gasteiger partial charge < -0.3 is 18.8 Å². The van der Waals surface area contributed by atoms with E-state index >= 15 is 0 Å². The molecule has 118 valence electrons. The van der Waals surface area contributed by atoms with Gasteiger partial charge in [-0.05, 0) is 38.0 Å². The predicted octanol–water partition coefficient (Wildman–Crippen LogP) is 3.37. The molecule has 4 rings (SSSR count). The van der Waals surface area contributed by atoms with Crippen LogP contribution in [0.1, 0.15) is 31.6 Å². The molecular formula is C16H15N3O4. The van der Waals surface area contributed by atoms with Gasteiger partial charge in [0.05, 0.1) is 12.8 Å². The molecule has 1 aliphatic carbocycles. The van der Waals surface area contributed by atoms with Gasteiger partial charge in [-0.25, -0.2) is 4.98 Å². The highest BCUT2D eigenvalue weighted by molar-refractivity contribution is 5.62.